The van der Waals surface area contributed by atoms with Crippen LogP contribution in [0.4, 0.5) is 10.5 Å². The van der Waals surface area contributed by atoms with Gasteiger partial charge in [-0.25, -0.2) is 14.6 Å². The van der Waals surface area contributed by atoms with Crippen molar-refractivity contribution in [2.45, 2.75) is 12.5 Å². The summed E-state index contributed by atoms with van der Waals surface area (Å²) in [5.74, 6) is 0.327. The second-order valence-electron chi connectivity index (χ2n) is 6.88. The minimum Gasteiger partial charge on any atom is -0.497 e. The maximum atomic E-state index is 13.1. The lowest BCUT2D eigenvalue weighted by Gasteiger charge is -2.35. The molecule has 2 aromatic carbocycles. The number of aromatic nitrogens is 2. The van der Waals surface area contributed by atoms with Crippen LogP contribution in [0.3, 0.4) is 0 Å². The molecule has 1 atom stereocenters. The first-order chi connectivity index (χ1) is 14.6. The van der Waals surface area contributed by atoms with Crippen molar-refractivity contribution in [3.05, 3.63) is 77.4 Å². The second-order valence-corrected chi connectivity index (χ2v) is 6.88. The van der Waals surface area contributed by atoms with E-state index in [1.54, 1.807) is 42.6 Å². The number of carbonyl (C=O) groups excluding carboxylic acids is 2. The SMILES string of the molecule is COC(=O)c1ccc(NC(=O)N2CCc3[nH]cnc3[C@@H]2c2ccc(OC)cc2)cc1. The van der Waals surface area contributed by atoms with E-state index in [4.69, 9.17) is 9.47 Å². The third-order valence-electron chi connectivity index (χ3n) is 5.17. The molecule has 0 radical (unpaired) electrons. The number of urea groups is 1. The minimum atomic E-state index is -0.422. The number of fused-ring (bicyclic) bond motifs is 1. The first-order valence-electron chi connectivity index (χ1n) is 9.53. The van der Waals surface area contributed by atoms with E-state index in [-0.39, 0.29) is 12.1 Å². The first-order valence-corrected chi connectivity index (χ1v) is 9.53. The fourth-order valence-corrected chi connectivity index (χ4v) is 3.62. The van der Waals surface area contributed by atoms with Crippen LogP contribution in [0.25, 0.3) is 0 Å². The van der Waals surface area contributed by atoms with Crippen molar-refractivity contribution < 1.29 is 19.1 Å². The van der Waals surface area contributed by atoms with E-state index < -0.39 is 5.97 Å². The molecular formula is C22H22N4O4. The Morgan fingerprint density at radius 3 is 2.50 bits per heavy atom. The Kier molecular flexibility index (Phi) is 5.38. The number of benzene rings is 2. The first kappa shape index (κ1) is 19.5. The Balaban J connectivity index is 1.59. The van der Waals surface area contributed by atoms with Crippen molar-refractivity contribution in [3.8, 4) is 5.75 Å². The third kappa shape index (κ3) is 3.71. The van der Waals surface area contributed by atoms with Crippen LogP contribution in [0.15, 0.2) is 54.9 Å². The third-order valence-corrected chi connectivity index (χ3v) is 5.17. The minimum absolute atomic E-state index is 0.240. The van der Waals surface area contributed by atoms with E-state index in [1.807, 2.05) is 24.3 Å². The highest BCUT2D eigenvalue weighted by molar-refractivity contribution is 5.92. The van der Waals surface area contributed by atoms with Gasteiger partial charge in [0.2, 0.25) is 0 Å². The number of esters is 1. The number of ether oxygens (including phenoxy) is 2. The predicted molar refractivity (Wildman–Crippen MR) is 111 cm³/mol. The number of carbonyl (C=O) groups is 2. The predicted octanol–water partition coefficient (Wildman–Crippen LogP) is 3.38. The van der Waals surface area contributed by atoms with E-state index in [0.717, 1.165) is 22.7 Å². The van der Waals surface area contributed by atoms with Crippen LogP contribution in [-0.4, -0.2) is 47.6 Å². The van der Waals surface area contributed by atoms with Gasteiger partial charge in [-0.05, 0) is 42.0 Å². The van der Waals surface area contributed by atoms with Gasteiger partial charge in [-0.15, -0.1) is 0 Å². The summed E-state index contributed by atoms with van der Waals surface area (Å²) in [4.78, 5) is 34.2. The summed E-state index contributed by atoms with van der Waals surface area (Å²) < 4.78 is 9.96. The molecule has 0 spiro atoms. The van der Waals surface area contributed by atoms with E-state index in [9.17, 15) is 9.59 Å². The Bertz CT molecular complexity index is 1040. The molecule has 0 saturated carbocycles. The largest absolute Gasteiger partial charge is 0.497 e. The molecule has 4 rings (SSSR count). The average molecular weight is 406 g/mol. The number of methoxy groups -OCH3 is 2. The van der Waals surface area contributed by atoms with Crippen LogP contribution in [-0.2, 0) is 11.2 Å². The molecule has 3 aromatic rings. The zero-order valence-electron chi connectivity index (χ0n) is 16.7. The highest BCUT2D eigenvalue weighted by Gasteiger charge is 2.34. The molecule has 2 heterocycles. The fourth-order valence-electron chi connectivity index (χ4n) is 3.62. The van der Waals surface area contributed by atoms with Crippen LogP contribution in [0, 0.1) is 0 Å². The van der Waals surface area contributed by atoms with Crippen LogP contribution >= 0.6 is 0 Å². The van der Waals surface area contributed by atoms with Gasteiger partial charge in [-0.2, -0.15) is 0 Å². The maximum Gasteiger partial charge on any atom is 0.337 e. The second kappa shape index (κ2) is 8.28. The molecule has 0 bridgehead atoms. The van der Waals surface area contributed by atoms with E-state index in [2.05, 4.69) is 15.3 Å². The molecule has 1 aliphatic heterocycles. The molecule has 0 fully saturated rings. The molecule has 0 unspecified atom stereocenters. The number of imidazole rings is 1. The molecule has 2 N–H and O–H groups in total. The van der Waals surface area contributed by atoms with Gasteiger partial charge in [0.25, 0.3) is 0 Å². The number of H-pyrrole nitrogens is 1. The number of anilines is 1. The zero-order chi connectivity index (χ0) is 21.1. The summed E-state index contributed by atoms with van der Waals surface area (Å²) in [5.41, 5.74) is 3.82. The lowest BCUT2D eigenvalue weighted by molar-refractivity contribution is 0.0600. The Morgan fingerprint density at radius 1 is 1.10 bits per heavy atom. The molecule has 0 aliphatic carbocycles. The molecule has 30 heavy (non-hydrogen) atoms. The molecule has 154 valence electrons. The summed E-state index contributed by atoms with van der Waals surface area (Å²) in [6, 6.07) is 13.7. The van der Waals surface area contributed by atoms with Gasteiger partial charge in [0.1, 0.15) is 11.8 Å². The normalized spacial score (nSPS) is 15.3. The maximum absolute atomic E-state index is 13.1. The van der Waals surface area contributed by atoms with Crippen molar-refractivity contribution in [1.29, 1.82) is 0 Å². The van der Waals surface area contributed by atoms with Crippen molar-refractivity contribution in [2.75, 3.05) is 26.1 Å². The summed E-state index contributed by atoms with van der Waals surface area (Å²) in [6.07, 6.45) is 2.35. The smallest absolute Gasteiger partial charge is 0.337 e. The number of aromatic amines is 1. The van der Waals surface area contributed by atoms with Crippen molar-refractivity contribution >= 4 is 17.7 Å². The monoisotopic (exact) mass is 406 g/mol. The van der Waals surface area contributed by atoms with Crippen LogP contribution in [0.1, 0.15) is 33.4 Å². The van der Waals surface area contributed by atoms with Crippen LogP contribution in [0.5, 0.6) is 5.75 Å². The van der Waals surface area contributed by atoms with Gasteiger partial charge in [0, 0.05) is 24.3 Å². The number of nitrogens with zero attached hydrogens (tertiary/aromatic N) is 2. The highest BCUT2D eigenvalue weighted by Crippen LogP contribution is 2.34. The van der Waals surface area contributed by atoms with Gasteiger partial charge < -0.3 is 24.7 Å². The van der Waals surface area contributed by atoms with Crippen molar-refractivity contribution in [3.63, 3.8) is 0 Å². The van der Waals surface area contributed by atoms with E-state index in [0.29, 0.717) is 24.2 Å². The van der Waals surface area contributed by atoms with Crippen molar-refractivity contribution in [2.24, 2.45) is 0 Å². The van der Waals surface area contributed by atoms with E-state index in [1.165, 1.54) is 7.11 Å². The Hall–Kier alpha value is -3.81. The molecule has 8 nitrogen and oxygen atoms in total. The number of rotatable bonds is 4. The summed E-state index contributed by atoms with van der Waals surface area (Å²) in [7, 11) is 2.95. The number of amides is 2. The van der Waals surface area contributed by atoms with Gasteiger partial charge >= 0.3 is 12.0 Å². The summed E-state index contributed by atoms with van der Waals surface area (Å²) in [6.45, 7) is 0.540. The standard InChI is InChI=1S/C22H22N4O4/c1-29-17-9-5-14(6-10-17)20-19-18(23-13-24-19)11-12-26(20)22(28)25-16-7-3-15(4-8-16)21(27)30-2/h3-10,13,20H,11-12H2,1-2H3,(H,23,24)(H,25,28)/t20-/m0/s1. The number of hydrogen-bond acceptors (Lipinski definition) is 5. The molecule has 8 heteroatoms. The lowest BCUT2D eigenvalue weighted by atomic mass is 9.96. The van der Waals surface area contributed by atoms with Crippen LogP contribution < -0.4 is 10.1 Å². The topological polar surface area (TPSA) is 96.6 Å². The molecule has 0 saturated heterocycles. The molecule has 2 amide bonds. The van der Waals surface area contributed by atoms with E-state index >= 15 is 0 Å². The summed E-state index contributed by atoms with van der Waals surface area (Å²) in [5, 5.41) is 2.91. The van der Waals surface area contributed by atoms with Gasteiger partial charge in [0.05, 0.1) is 31.8 Å². The molecule has 1 aromatic heterocycles. The Labute approximate surface area is 173 Å². The highest BCUT2D eigenvalue weighted by atomic mass is 16.5. The number of nitrogens with one attached hydrogen (secondary N) is 2. The van der Waals surface area contributed by atoms with Crippen molar-refractivity contribution in [1.82, 2.24) is 14.9 Å². The average Bonchev–Trinajstić information content (AvgIpc) is 3.27. The van der Waals surface area contributed by atoms with Gasteiger partial charge in [0.15, 0.2) is 0 Å². The molecular weight excluding hydrogens is 384 g/mol. The number of hydrogen-bond donors (Lipinski definition) is 2. The quantitative estimate of drug-likeness (QED) is 0.648. The van der Waals surface area contributed by atoms with Gasteiger partial charge in [-0.1, -0.05) is 12.1 Å². The van der Waals surface area contributed by atoms with Gasteiger partial charge in [-0.3, -0.25) is 0 Å². The Morgan fingerprint density at radius 2 is 1.83 bits per heavy atom. The zero-order valence-corrected chi connectivity index (χ0v) is 16.7. The molecule has 1 aliphatic rings. The summed E-state index contributed by atoms with van der Waals surface area (Å²) >= 11 is 0. The fraction of sp³-hybridized carbons (Fsp3) is 0.227. The lowest BCUT2D eigenvalue weighted by Crippen LogP contribution is -2.43. The van der Waals surface area contributed by atoms with Crippen LogP contribution in [0.2, 0.25) is 0 Å².